The van der Waals surface area contributed by atoms with E-state index in [1.165, 1.54) is 6.92 Å². The highest BCUT2D eigenvalue weighted by Gasteiger charge is 2.21. The molecule has 8 heteroatoms. The molecule has 110 valence electrons. The zero-order chi connectivity index (χ0) is 15.2. The Hall–Kier alpha value is -2.41. The molecule has 0 amide bonds. The maximum absolute atomic E-state index is 11.0. The Morgan fingerprint density at radius 1 is 1.33 bits per heavy atom. The Kier molecular flexibility index (Phi) is 4.89. The van der Waals surface area contributed by atoms with E-state index in [4.69, 9.17) is 16.3 Å². The van der Waals surface area contributed by atoms with E-state index in [-0.39, 0.29) is 22.5 Å². The fraction of sp³-hybridized carbons (Fsp3) is 0.231. The Morgan fingerprint density at radius 2 is 2.05 bits per heavy atom. The van der Waals surface area contributed by atoms with Gasteiger partial charge in [-0.3, -0.25) is 10.1 Å². The van der Waals surface area contributed by atoms with Gasteiger partial charge in [0.15, 0.2) is 0 Å². The quantitative estimate of drug-likeness (QED) is 0.382. The Balaban J connectivity index is 1.98. The third-order valence-electron chi connectivity index (χ3n) is 2.62. The Morgan fingerprint density at radius 3 is 2.71 bits per heavy atom. The van der Waals surface area contributed by atoms with Gasteiger partial charge in [0.05, 0.1) is 11.5 Å². The van der Waals surface area contributed by atoms with Crippen LogP contribution >= 0.6 is 11.6 Å². The highest BCUT2D eigenvalue weighted by molar-refractivity contribution is 6.28. The minimum Gasteiger partial charge on any atom is -0.492 e. The zero-order valence-corrected chi connectivity index (χ0v) is 12.0. The van der Waals surface area contributed by atoms with Crippen LogP contribution in [0.1, 0.15) is 5.69 Å². The first-order chi connectivity index (χ1) is 10.1. The van der Waals surface area contributed by atoms with Crippen molar-refractivity contribution in [2.24, 2.45) is 0 Å². The van der Waals surface area contributed by atoms with Crippen molar-refractivity contribution >= 4 is 23.1 Å². The van der Waals surface area contributed by atoms with Crippen molar-refractivity contribution in [1.29, 1.82) is 0 Å². The molecule has 21 heavy (non-hydrogen) atoms. The first-order valence-corrected chi connectivity index (χ1v) is 6.56. The van der Waals surface area contributed by atoms with E-state index in [1.54, 1.807) is 0 Å². The molecular weight excluding hydrogens is 296 g/mol. The zero-order valence-electron chi connectivity index (χ0n) is 11.2. The van der Waals surface area contributed by atoms with Gasteiger partial charge in [-0.1, -0.05) is 18.2 Å². The normalized spacial score (nSPS) is 10.2. The molecule has 0 fully saturated rings. The molecular formula is C13H13ClN4O3. The van der Waals surface area contributed by atoms with Crippen molar-refractivity contribution in [3.8, 4) is 5.75 Å². The number of hydrogen-bond donors (Lipinski definition) is 1. The van der Waals surface area contributed by atoms with E-state index in [2.05, 4.69) is 15.3 Å². The molecule has 0 aliphatic heterocycles. The lowest BCUT2D eigenvalue weighted by atomic mass is 10.3. The van der Waals surface area contributed by atoms with Gasteiger partial charge >= 0.3 is 5.69 Å². The fourth-order valence-electron chi connectivity index (χ4n) is 1.73. The van der Waals surface area contributed by atoms with Gasteiger partial charge in [0, 0.05) is 0 Å². The van der Waals surface area contributed by atoms with Crippen LogP contribution in [-0.4, -0.2) is 28.0 Å². The molecule has 0 saturated heterocycles. The van der Waals surface area contributed by atoms with E-state index in [9.17, 15) is 10.1 Å². The lowest BCUT2D eigenvalue weighted by Gasteiger charge is -2.09. The van der Waals surface area contributed by atoms with Crippen LogP contribution < -0.4 is 10.1 Å². The number of para-hydroxylation sites is 1. The van der Waals surface area contributed by atoms with Gasteiger partial charge in [0.25, 0.3) is 0 Å². The fourth-order valence-corrected chi connectivity index (χ4v) is 1.94. The summed E-state index contributed by atoms with van der Waals surface area (Å²) >= 11 is 5.72. The number of aromatic nitrogens is 2. The molecule has 0 aliphatic rings. The summed E-state index contributed by atoms with van der Waals surface area (Å²) in [6.07, 6.45) is 0. The van der Waals surface area contributed by atoms with Gasteiger partial charge in [-0.15, -0.1) is 0 Å². The van der Waals surface area contributed by atoms with Gasteiger partial charge in [0.2, 0.25) is 11.1 Å². The predicted molar refractivity (Wildman–Crippen MR) is 78.9 cm³/mol. The molecule has 1 heterocycles. The maximum atomic E-state index is 11.0. The second kappa shape index (κ2) is 6.85. The van der Waals surface area contributed by atoms with Crippen molar-refractivity contribution in [3.05, 3.63) is 51.4 Å². The molecule has 0 spiro atoms. The SMILES string of the molecule is Cc1nc(Cl)nc(NCCOc2ccccc2)c1[N+](=O)[O-]. The molecule has 0 atom stereocenters. The first-order valence-electron chi connectivity index (χ1n) is 6.18. The van der Waals surface area contributed by atoms with Crippen LogP contribution in [0.5, 0.6) is 5.75 Å². The van der Waals surface area contributed by atoms with Crippen molar-refractivity contribution in [1.82, 2.24) is 9.97 Å². The molecule has 0 bridgehead atoms. The number of benzene rings is 1. The molecule has 7 nitrogen and oxygen atoms in total. The first kappa shape index (κ1) is 15.0. The monoisotopic (exact) mass is 308 g/mol. The molecule has 0 unspecified atom stereocenters. The van der Waals surface area contributed by atoms with E-state index >= 15 is 0 Å². The maximum Gasteiger partial charge on any atom is 0.332 e. The number of ether oxygens (including phenoxy) is 1. The van der Waals surface area contributed by atoms with Crippen LogP contribution in [0, 0.1) is 17.0 Å². The minimum absolute atomic E-state index is 0.0374. The van der Waals surface area contributed by atoms with Crippen molar-refractivity contribution in [2.75, 3.05) is 18.5 Å². The molecule has 0 saturated carbocycles. The Bertz CT molecular complexity index is 637. The molecule has 1 aromatic carbocycles. The summed E-state index contributed by atoms with van der Waals surface area (Å²) in [7, 11) is 0. The number of aryl methyl sites for hydroxylation is 1. The number of nitrogens with zero attached hydrogens (tertiary/aromatic N) is 3. The number of rotatable bonds is 6. The Labute approximate surface area is 126 Å². The summed E-state index contributed by atoms with van der Waals surface area (Å²) in [6, 6.07) is 9.27. The summed E-state index contributed by atoms with van der Waals surface area (Å²) < 4.78 is 5.48. The number of nitrogens with one attached hydrogen (secondary N) is 1. The predicted octanol–water partition coefficient (Wildman–Crippen LogP) is 2.84. The molecule has 1 N–H and O–H groups in total. The lowest BCUT2D eigenvalue weighted by molar-refractivity contribution is -0.385. The topological polar surface area (TPSA) is 90.2 Å². The second-order valence-electron chi connectivity index (χ2n) is 4.12. The summed E-state index contributed by atoms with van der Waals surface area (Å²) in [5.74, 6) is 0.819. The van der Waals surface area contributed by atoms with Crippen LogP contribution in [0.15, 0.2) is 30.3 Å². The largest absolute Gasteiger partial charge is 0.492 e. The second-order valence-corrected chi connectivity index (χ2v) is 4.46. The van der Waals surface area contributed by atoms with Crippen molar-refractivity contribution in [3.63, 3.8) is 0 Å². The molecule has 1 aromatic heterocycles. The lowest BCUT2D eigenvalue weighted by Crippen LogP contribution is -2.14. The minimum atomic E-state index is -0.536. The summed E-state index contributed by atoms with van der Waals surface area (Å²) in [4.78, 5) is 18.1. The van der Waals surface area contributed by atoms with Crippen LogP contribution in [0.2, 0.25) is 5.28 Å². The van der Waals surface area contributed by atoms with Crippen LogP contribution in [0.3, 0.4) is 0 Å². The standard InChI is InChI=1S/C13H13ClN4O3/c1-9-11(18(19)20)12(17-13(14)16-9)15-7-8-21-10-5-3-2-4-6-10/h2-6H,7-8H2,1H3,(H,15,16,17). The summed E-state index contributed by atoms with van der Waals surface area (Å²) in [5.41, 5.74) is 0.0330. The number of halogens is 1. The van der Waals surface area contributed by atoms with E-state index in [1.807, 2.05) is 30.3 Å². The highest BCUT2D eigenvalue weighted by Crippen LogP contribution is 2.26. The van der Waals surface area contributed by atoms with E-state index < -0.39 is 4.92 Å². The van der Waals surface area contributed by atoms with E-state index in [0.29, 0.717) is 13.2 Å². The van der Waals surface area contributed by atoms with Gasteiger partial charge in [-0.2, -0.15) is 4.98 Å². The van der Waals surface area contributed by atoms with Gasteiger partial charge in [-0.05, 0) is 30.7 Å². The highest BCUT2D eigenvalue weighted by atomic mass is 35.5. The summed E-state index contributed by atoms with van der Waals surface area (Å²) in [6.45, 7) is 2.20. The third-order valence-corrected chi connectivity index (χ3v) is 2.79. The average molecular weight is 309 g/mol. The number of nitro groups is 1. The third kappa shape index (κ3) is 4.03. The van der Waals surface area contributed by atoms with Crippen molar-refractivity contribution < 1.29 is 9.66 Å². The molecule has 0 radical (unpaired) electrons. The summed E-state index contributed by atoms with van der Waals surface area (Å²) in [5, 5.41) is 13.8. The van der Waals surface area contributed by atoms with Gasteiger partial charge in [0.1, 0.15) is 18.1 Å². The van der Waals surface area contributed by atoms with Crippen LogP contribution in [-0.2, 0) is 0 Å². The number of anilines is 1. The molecule has 2 aromatic rings. The van der Waals surface area contributed by atoms with Gasteiger partial charge in [-0.25, -0.2) is 4.98 Å². The van der Waals surface area contributed by atoms with Crippen LogP contribution in [0.4, 0.5) is 11.5 Å². The molecule has 0 aliphatic carbocycles. The van der Waals surface area contributed by atoms with Crippen molar-refractivity contribution in [2.45, 2.75) is 6.92 Å². The number of hydrogen-bond acceptors (Lipinski definition) is 6. The molecule has 2 rings (SSSR count). The van der Waals surface area contributed by atoms with Gasteiger partial charge < -0.3 is 10.1 Å². The van der Waals surface area contributed by atoms with Crippen LogP contribution in [0.25, 0.3) is 0 Å². The van der Waals surface area contributed by atoms with E-state index in [0.717, 1.165) is 5.75 Å². The smallest absolute Gasteiger partial charge is 0.332 e. The average Bonchev–Trinajstić information content (AvgIpc) is 2.43.